The van der Waals surface area contributed by atoms with Crippen LogP contribution in [0, 0.1) is 6.92 Å². The van der Waals surface area contributed by atoms with Gasteiger partial charge in [-0.15, -0.1) is 11.3 Å². The average Bonchev–Trinajstić information content (AvgIpc) is 2.78. The van der Waals surface area contributed by atoms with Gasteiger partial charge in [0.15, 0.2) is 0 Å². The first-order chi connectivity index (χ1) is 7.75. The molecule has 0 aliphatic carbocycles. The van der Waals surface area contributed by atoms with E-state index in [9.17, 15) is 5.11 Å². The Hall–Kier alpha value is -1.19. The Morgan fingerprint density at radius 2 is 2.31 bits per heavy atom. The maximum atomic E-state index is 10.0. The van der Waals surface area contributed by atoms with Crippen LogP contribution in [0.15, 0.2) is 36.0 Å². The van der Waals surface area contributed by atoms with Gasteiger partial charge in [-0.05, 0) is 42.3 Å². The summed E-state index contributed by atoms with van der Waals surface area (Å²) in [6.07, 6.45) is 4.81. The highest BCUT2D eigenvalue weighted by Crippen LogP contribution is 2.20. The number of hydrogen-bond donors (Lipinski definition) is 1. The molecule has 16 heavy (non-hydrogen) atoms. The molecule has 0 aliphatic rings. The van der Waals surface area contributed by atoms with E-state index in [0.717, 1.165) is 24.0 Å². The smallest absolute Gasteiger partial charge is 0.0808 e. The second-order valence-electron chi connectivity index (χ2n) is 3.93. The minimum atomic E-state index is -0.408. The SMILES string of the molecule is Cc1cncc(C(O)CCc2cccs2)c1. The number of pyridine rings is 1. The van der Waals surface area contributed by atoms with Crippen LogP contribution in [0.2, 0.25) is 0 Å². The van der Waals surface area contributed by atoms with Crippen LogP contribution in [0.5, 0.6) is 0 Å². The molecule has 2 nitrogen and oxygen atoms in total. The molecular weight excluding hydrogens is 218 g/mol. The first-order valence-electron chi connectivity index (χ1n) is 5.37. The molecule has 0 radical (unpaired) electrons. The predicted octanol–water partition coefficient (Wildman–Crippen LogP) is 3.12. The van der Waals surface area contributed by atoms with Crippen LogP contribution in [0.25, 0.3) is 0 Å². The predicted molar refractivity (Wildman–Crippen MR) is 66.6 cm³/mol. The van der Waals surface area contributed by atoms with Crippen molar-refractivity contribution in [3.8, 4) is 0 Å². The summed E-state index contributed by atoms with van der Waals surface area (Å²) in [5.41, 5.74) is 2.00. The Morgan fingerprint density at radius 3 is 3.00 bits per heavy atom. The minimum absolute atomic E-state index is 0.408. The fraction of sp³-hybridized carbons (Fsp3) is 0.308. The molecule has 0 fully saturated rings. The number of nitrogens with zero attached hydrogens (tertiary/aromatic N) is 1. The van der Waals surface area contributed by atoms with Crippen LogP contribution in [0.1, 0.15) is 28.5 Å². The van der Waals surface area contributed by atoms with Crippen LogP contribution >= 0.6 is 11.3 Å². The molecule has 1 N–H and O–H groups in total. The molecule has 1 atom stereocenters. The first kappa shape index (κ1) is 11.3. The summed E-state index contributed by atoms with van der Waals surface area (Å²) in [6, 6.07) is 6.14. The lowest BCUT2D eigenvalue weighted by atomic mass is 10.1. The molecule has 0 spiro atoms. The Morgan fingerprint density at radius 1 is 1.44 bits per heavy atom. The molecule has 3 heteroatoms. The van der Waals surface area contributed by atoms with Gasteiger partial charge < -0.3 is 5.11 Å². The van der Waals surface area contributed by atoms with Crippen LogP contribution in [0.3, 0.4) is 0 Å². The Balaban J connectivity index is 1.95. The lowest BCUT2D eigenvalue weighted by Crippen LogP contribution is -2.00. The molecule has 84 valence electrons. The van der Waals surface area contributed by atoms with Crippen molar-refractivity contribution in [3.63, 3.8) is 0 Å². The lowest BCUT2D eigenvalue weighted by Gasteiger charge is -2.10. The molecule has 2 heterocycles. The van der Waals surface area contributed by atoms with E-state index >= 15 is 0 Å². The monoisotopic (exact) mass is 233 g/mol. The van der Waals surface area contributed by atoms with E-state index in [1.54, 1.807) is 23.7 Å². The van der Waals surface area contributed by atoms with Gasteiger partial charge in [0.05, 0.1) is 6.10 Å². The van der Waals surface area contributed by atoms with Crippen LogP contribution in [-0.4, -0.2) is 10.1 Å². The summed E-state index contributed by atoms with van der Waals surface area (Å²) < 4.78 is 0. The summed E-state index contributed by atoms with van der Waals surface area (Å²) >= 11 is 1.74. The molecule has 2 rings (SSSR count). The molecule has 0 amide bonds. The third-order valence-corrected chi connectivity index (χ3v) is 3.46. The largest absolute Gasteiger partial charge is 0.388 e. The topological polar surface area (TPSA) is 33.1 Å². The molecule has 0 saturated heterocycles. The maximum Gasteiger partial charge on any atom is 0.0808 e. The van der Waals surface area contributed by atoms with E-state index in [-0.39, 0.29) is 0 Å². The van der Waals surface area contributed by atoms with Gasteiger partial charge in [-0.3, -0.25) is 4.98 Å². The molecule has 0 aromatic carbocycles. The Bertz CT molecular complexity index is 439. The Kier molecular flexibility index (Phi) is 3.70. The highest BCUT2D eigenvalue weighted by molar-refractivity contribution is 7.09. The van der Waals surface area contributed by atoms with Gasteiger partial charge in [0.2, 0.25) is 0 Å². The second kappa shape index (κ2) is 5.23. The molecule has 0 saturated carbocycles. The summed E-state index contributed by atoms with van der Waals surface area (Å²) in [7, 11) is 0. The number of aromatic nitrogens is 1. The van der Waals surface area contributed by atoms with Crippen LogP contribution < -0.4 is 0 Å². The van der Waals surface area contributed by atoms with Crippen molar-refractivity contribution in [1.29, 1.82) is 0 Å². The number of rotatable bonds is 4. The maximum absolute atomic E-state index is 10.0. The minimum Gasteiger partial charge on any atom is -0.388 e. The number of hydrogen-bond acceptors (Lipinski definition) is 3. The van der Waals surface area contributed by atoms with Crippen molar-refractivity contribution < 1.29 is 5.11 Å². The number of aliphatic hydroxyl groups is 1. The van der Waals surface area contributed by atoms with Crippen molar-refractivity contribution in [2.45, 2.75) is 25.9 Å². The standard InChI is InChI=1S/C13H15NOS/c1-10-7-11(9-14-8-10)13(15)5-4-12-3-2-6-16-12/h2-3,6-9,13,15H,4-5H2,1H3. The highest BCUT2D eigenvalue weighted by atomic mass is 32.1. The van der Waals surface area contributed by atoms with E-state index in [2.05, 4.69) is 16.4 Å². The fourth-order valence-corrected chi connectivity index (χ4v) is 2.39. The summed E-state index contributed by atoms with van der Waals surface area (Å²) in [5.74, 6) is 0. The van der Waals surface area contributed by atoms with E-state index in [1.807, 2.05) is 19.1 Å². The number of aliphatic hydroxyl groups excluding tert-OH is 1. The zero-order chi connectivity index (χ0) is 11.4. The zero-order valence-corrected chi connectivity index (χ0v) is 10.1. The van der Waals surface area contributed by atoms with E-state index in [4.69, 9.17) is 0 Å². The normalized spacial score (nSPS) is 12.6. The fourth-order valence-electron chi connectivity index (χ4n) is 1.66. The van der Waals surface area contributed by atoms with Crippen molar-refractivity contribution in [2.24, 2.45) is 0 Å². The van der Waals surface area contributed by atoms with Crippen LogP contribution in [0.4, 0.5) is 0 Å². The Labute approximate surface area is 99.6 Å². The third-order valence-electron chi connectivity index (χ3n) is 2.53. The van der Waals surface area contributed by atoms with E-state index < -0.39 is 6.10 Å². The number of thiophene rings is 1. The van der Waals surface area contributed by atoms with Gasteiger partial charge >= 0.3 is 0 Å². The molecule has 0 aliphatic heterocycles. The van der Waals surface area contributed by atoms with Gasteiger partial charge in [-0.1, -0.05) is 12.1 Å². The molecule has 1 unspecified atom stereocenters. The summed E-state index contributed by atoms with van der Waals surface area (Å²) in [4.78, 5) is 5.41. The molecule has 2 aromatic heterocycles. The van der Waals surface area contributed by atoms with Crippen molar-refractivity contribution in [1.82, 2.24) is 4.98 Å². The van der Waals surface area contributed by atoms with Gasteiger partial charge in [-0.25, -0.2) is 0 Å². The van der Waals surface area contributed by atoms with E-state index in [0.29, 0.717) is 0 Å². The number of aryl methyl sites for hydroxylation is 2. The van der Waals surface area contributed by atoms with E-state index in [1.165, 1.54) is 4.88 Å². The first-order valence-corrected chi connectivity index (χ1v) is 6.25. The van der Waals surface area contributed by atoms with Gasteiger partial charge in [0, 0.05) is 17.3 Å². The third kappa shape index (κ3) is 2.90. The summed E-state index contributed by atoms with van der Waals surface area (Å²) in [5, 5.41) is 12.1. The van der Waals surface area contributed by atoms with Gasteiger partial charge in [0.25, 0.3) is 0 Å². The van der Waals surface area contributed by atoms with Gasteiger partial charge in [-0.2, -0.15) is 0 Å². The van der Waals surface area contributed by atoms with Crippen LogP contribution in [-0.2, 0) is 6.42 Å². The van der Waals surface area contributed by atoms with Crippen molar-refractivity contribution >= 4 is 11.3 Å². The lowest BCUT2D eigenvalue weighted by molar-refractivity contribution is 0.167. The van der Waals surface area contributed by atoms with Crippen molar-refractivity contribution in [3.05, 3.63) is 52.0 Å². The molecule has 2 aromatic rings. The quantitative estimate of drug-likeness (QED) is 0.880. The second-order valence-corrected chi connectivity index (χ2v) is 4.96. The van der Waals surface area contributed by atoms with Crippen molar-refractivity contribution in [2.75, 3.05) is 0 Å². The van der Waals surface area contributed by atoms with Gasteiger partial charge in [0.1, 0.15) is 0 Å². The zero-order valence-electron chi connectivity index (χ0n) is 9.26. The molecule has 0 bridgehead atoms. The molecular formula is C13H15NOS. The highest BCUT2D eigenvalue weighted by Gasteiger charge is 2.08. The average molecular weight is 233 g/mol. The summed E-state index contributed by atoms with van der Waals surface area (Å²) in [6.45, 7) is 1.99.